The van der Waals surface area contributed by atoms with Crippen LogP contribution >= 0.6 is 11.6 Å². The second kappa shape index (κ2) is 16.6. The van der Waals surface area contributed by atoms with E-state index in [0.717, 1.165) is 5.56 Å². The molecule has 8 rings (SSSR count). The van der Waals surface area contributed by atoms with Crippen LogP contribution < -0.4 is 25.4 Å². The molecule has 17 heteroatoms. The average molecular weight is 760 g/mol. The summed E-state index contributed by atoms with van der Waals surface area (Å²) in [5, 5.41) is 10.2. The van der Waals surface area contributed by atoms with Gasteiger partial charge in [0.25, 0.3) is 5.91 Å². The third kappa shape index (κ3) is 11.5. The SMILES string of the molecule is CC1(C)CNC(=O)c2ccc(cc2)Nc2nc(nc(OCC(F)(F)F)n2)NCc2ccc(c(Cl)c2)OCCCN(S(=O)(=O)/C=C/c2ccccc2)C1. The van der Waals surface area contributed by atoms with E-state index in [1.54, 1.807) is 60.7 Å². The fraction of sp³-hybridized carbons (Fsp3) is 0.314. The number of hydrogen-bond acceptors (Lipinski definition) is 10. The molecule has 4 aliphatic heterocycles. The molecular formula is C35H37ClF3N7O5S. The largest absolute Gasteiger partial charge is 0.492 e. The van der Waals surface area contributed by atoms with Gasteiger partial charge in [0, 0.05) is 42.8 Å². The van der Waals surface area contributed by atoms with Crippen LogP contribution in [0.2, 0.25) is 5.02 Å². The summed E-state index contributed by atoms with van der Waals surface area (Å²) in [5.41, 5.74) is 1.47. The Morgan fingerprint density at radius 1 is 1.00 bits per heavy atom. The van der Waals surface area contributed by atoms with Crippen LogP contribution in [-0.2, 0) is 16.6 Å². The highest BCUT2D eigenvalue weighted by atomic mass is 35.5. The summed E-state index contributed by atoms with van der Waals surface area (Å²) >= 11 is 6.51. The number of nitrogens with one attached hydrogen (secondary N) is 3. The third-order valence-electron chi connectivity index (χ3n) is 7.56. The Labute approximate surface area is 304 Å². The number of carbonyl (C=O) groups excluding carboxylic acids is 1. The van der Waals surface area contributed by atoms with Crippen molar-refractivity contribution in [1.29, 1.82) is 0 Å². The molecule has 0 spiro atoms. The summed E-state index contributed by atoms with van der Waals surface area (Å²) in [6.07, 6.45) is -2.74. The minimum Gasteiger partial charge on any atom is -0.492 e. The lowest BCUT2D eigenvalue weighted by molar-refractivity contribution is -0.154. The number of halogens is 4. The molecule has 4 aliphatic rings. The Kier molecular flexibility index (Phi) is 12.2. The van der Waals surface area contributed by atoms with Crippen molar-refractivity contribution in [2.24, 2.45) is 5.41 Å². The Morgan fingerprint density at radius 3 is 2.44 bits per heavy atom. The van der Waals surface area contributed by atoms with E-state index in [0.29, 0.717) is 29.0 Å². The molecule has 52 heavy (non-hydrogen) atoms. The molecule has 0 unspecified atom stereocenters. The average Bonchev–Trinajstić information content (AvgIpc) is 3.10. The molecule has 0 fully saturated rings. The van der Waals surface area contributed by atoms with Crippen LogP contribution in [0.1, 0.15) is 41.8 Å². The molecular weight excluding hydrogens is 723 g/mol. The van der Waals surface area contributed by atoms with Crippen LogP contribution in [0.5, 0.6) is 11.8 Å². The molecule has 0 aliphatic carbocycles. The summed E-state index contributed by atoms with van der Waals surface area (Å²) < 4.78 is 78.0. The molecule has 0 saturated heterocycles. The van der Waals surface area contributed by atoms with E-state index in [4.69, 9.17) is 21.1 Å². The zero-order chi connectivity index (χ0) is 37.4. The van der Waals surface area contributed by atoms with Crippen molar-refractivity contribution < 1.29 is 35.9 Å². The van der Waals surface area contributed by atoms with E-state index in [9.17, 15) is 26.4 Å². The van der Waals surface area contributed by atoms with Crippen molar-refractivity contribution in [3.8, 4) is 11.8 Å². The predicted octanol–water partition coefficient (Wildman–Crippen LogP) is 6.66. The van der Waals surface area contributed by atoms with Gasteiger partial charge in [0.1, 0.15) is 5.75 Å². The molecule has 1 aromatic heterocycles. The molecule has 3 aromatic carbocycles. The predicted molar refractivity (Wildman–Crippen MR) is 192 cm³/mol. The van der Waals surface area contributed by atoms with Crippen LogP contribution in [-0.4, -0.2) is 72.6 Å². The molecule has 276 valence electrons. The first-order valence-electron chi connectivity index (χ1n) is 16.1. The van der Waals surface area contributed by atoms with E-state index < -0.39 is 40.1 Å². The Morgan fingerprint density at radius 2 is 1.73 bits per heavy atom. The van der Waals surface area contributed by atoms with Crippen molar-refractivity contribution in [1.82, 2.24) is 24.6 Å². The van der Waals surface area contributed by atoms with Gasteiger partial charge in [0.2, 0.25) is 21.9 Å². The van der Waals surface area contributed by atoms with E-state index in [-0.39, 0.29) is 49.7 Å². The molecule has 4 aromatic rings. The maximum Gasteiger partial charge on any atom is 0.422 e. The topological polar surface area (TPSA) is 148 Å². The van der Waals surface area contributed by atoms with Gasteiger partial charge in [-0.3, -0.25) is 4.79 Å². The molecule has 6 bridgehead atoms. The van der Waals surface area contributed by atoms with Gasteiger partial charge < -0.3 is 25.4 Å². The molecule has 1 amide bonds. The van der Waals surface area contributed by atoms with E-state index in [2.05, 4.69) is 30.9 Å². The summed E-state index contributed by atoms with van der Waals surface area (Å²) in [5.74, 6) is -0.195. The first-order valence-corrected chi connectivity index (χ1v) is 18.0. The van der Waals surface area contributed by atoms with Gasteiger partial charge in [-0.2, -0.15) is 32.4 Å². The smallest absolute Gasteiger partial charge is 0.422 e. The number of sulfonamides is 1. The minimum absolute atomic E-state index is 0.0719. The van der Waals surface area contributed by atoms with E-state index in [1.807, 2.05) is 32.0 Å². The molecule has 3 N–H and O–H groups in total. The Hall–Kier alpha value is -4.93. The van der Waals surface area contributed by atoms with Crippen LogP contribution in [0, 0.1) is 5.41 Å². The zero-order valence-electron chi connectivity index (χ0n) is 28.3. The molecule has 5 heterocycles. The van der Waals surface area contributed by atoms with Crippen LogP contribution in [0.25, 0.3) is 6.08 Å². The van der Waals surface area contributed by atoms with Gasteiger partial charge in [-0.1, -0.05) is 61.8 Å². The maximum atomic E-state index is 13.6. The number of ether oxygens (including phenoxy) is 2. The molecule has 12 nitrogen and oxygen atoms in total. The molecule has 0 radical (unpaired) electrons. The first kappa shape index (κ1) is 38.3. The highest BCUT2D eigenvalue weighted by molar-refractivity contribution is 7.92. The monoisotopic (exact) mass is 759 g/mol. The summed E-state index contributed by atoms with van der Waals surface area (Å²) in [7, 11) is -3.88. The lowest BCUT2D eigenvalue weighted by Crippen LogP contribution is -2.44. The fourth-order valence-corrected chi connectivity index (χ4v) is 6.65. The summed E-state index contributed by atoms with van der Waals surface area (Å²) in [6, 6.07) is 19.8. The van der Waals surface area contributed by atoms with Crippen molar-refractivity contribution >= 4 is 51.2 Å². The maximum absolute atomic E-state index is 13.6. The normalized spacial score (nSPS) is 16.3. The Balaban J connectivity index is 1.40. The van der Waals surface area contributed by atoms with Crippen molar-refractivity contribution in [3.63, 3.8) is 0 Å². The number of alkyl halides is 3. The van der Waals surface area contributed by atoms with Crippen molar-refractivity contribution in [3.05, 3.63) is 99.9 Å². The number of hydrogen-bond donors (Lipinski definition) is 3. The van der Waals surface area contributed by atoms with Gasteiger partial charge >= 0.3 is 12.2 Å². The van der Waals surface area contributed by atoms with E-state index in [1.165, 1.54) is 9.71 Å². The third-order valence-corrected chi connectivity index (χ3v) is 9.37. The second-order valence-corrected chi connectivity index (χ2v) is 14.9. The highest BCUT2D eigenvalue weighted by Crippen LogP contribution is 2.27. The van der Waals surface area contributed by atoms with E-state index >= 15 is 0 Å². The lowest BCUT2D eigenvalue weighted by Gasteiger charge is -2.31. The fourth-order valence-electron chi connectivity index (χ4n) is 4.98. The second-order valence-electron chi connectivity index (χ2n) is 12.6. The summed E-state index contributed by atoms with van der Waals surface area (Å²) in [6.45, 7) is 2.78. The van der Waals surface area contributed by atoms with Gasteiger partial charge in [-0.15, -0.1) is 0 Å². The number of carbonyl (C=O) groups is 1. The Bertz CT molecular complexity index is 1980. The lowest BCUT2D eigenvalue weighted by atomic mass is 9.93. The number of amides is 1. The number of anilines is 3. The van der Waals surface area contributed by atoms with Crippen molar-refractivity contribution in [2.75, 3.05) is 43.5 Å². The first-order chi connectivity index (χ1) is 24.6. The van der Waals surface area contributed by atoms with Crippen LogP contribution in [0.3, 0.4) is 0 Å². The van der Waals surface area contributed by atoms with Crippen LogP contribution in [0.15, 0.2) is 78.2 Å². The molecule has 0 saturated carbocycles. The zero-order valence-corrected chi connectivity index (χ0v) is 29.9. The van der Waals surface area contributed by atoms with Gasteiger partial charge in [0.15, 0.2) is 6.61 Å². The standard InChI is InChI=1S/C35H37ClF3N7O5S/c1-34(2)21-41-30(47)26-10-12-27(13-11-26)42-32-43-31(44-33(45-32)51-23-35(37,38)39)40-20-25-9-14-29(28(36)19-25)50-17-6-16-46(22-34)52(48,49)18-15-24-7-4-3-5-8-24/h3-5,7-15,18-19H,6,16-17,20-23H2,1-2H3,(H,41,47)(H2,40,42,43,44,45)/b18-15+. The van der Waals surface area contributed by atoms with Gasteiger partial charge in [-0.05, 0) is 65.4 Å². The number of benzene rings is 3. The number of rotatable bonds is 5. The van der Waals surface area contributed by atoms with Crippen LogP contribution in [0.4, 0.5) is 30.8 Å². The number of nitrogens with zero attached hydrogens (tertiary/aromatic N) is 4. The molecule has 0 atom stereocenters. The highest BCUT2D eigenvalue weighted by Gasteiger charge is 2.30. The van der Waals surface area contributed by atoms with Crippen molar-refractivity contribution in [2.45, 2.75) is 33.0 Å². The number of aromatic nitrogens is 3. The quantitative estimate of drug-likeness (QED) is 0.202. The van der Waals surface area contributed by atoms with Gasteiger partial charge in [-0.25, -0.2) is 8.42 Å². The van der Waals surface area contributed by atoms with Gasteiger partial charge in [0.05, 0.1) is 11.6 Å². The minimum atomic E-state index is -4.62. The summed E-state index contributed by atoms with van der Waals surface area (Å²) in [4.78, 5) is 25.3.